The van der Waals surface area contributed by atoms with Gasteiger partial charge in [-0.1, -0.05) is 18.2 Å². The molecule has 0 spiro atoms. The Morgan fingerprint density at radius 1 is 1.13 bits per heavy atom. The highest BCUT2D eigenvalue weighted by Gasteiger charge is 2.24. The van der Waals surface area contributed by atoms with E-state index in [9.17, 15) is 26.8 Å². The van der Waals surface area contributed by atoms with Crippen LogP contribution in [0.1, 0.15) is 24.2 Å². The second-order valence-electron chi connectivity index (χ2n) is 6.62. The number of nitrogens with two attached hydrogens (primary N) is 1. The maximum atomic E-state index is 13.4. The molecule has 0 heterocycles. The monoisotopic (exact) mass is 444 g/mol. The average molecular weight is 444 g/mol. The first-order valence-electron chi connectivity index (χ1n) is 8.51. The lowest BCUT2D eigenvalue weighted by Crippen LogP contribution is -2.48. The molecule has 0 aliphatic rings. The fourth-order valence-corrected chi connectivity index (χ4v) is 2.50. The number of halogens is 2. The Balaban J connectivity index is 0.000000375. The van der Waals surface area contributed by atoms with Crippen molar-refractivity contribution in [1.82, 2.24) is 5.32 Å². The Bertz CT molecular complexity index is 982. The van der Waals surface area contributed by atoms with Gasteiger partial charge in [-0.25, -0.2) is 8.78 Å². The molecule has 0 radical (unpaired) electrons. The van der Waals surface area contributed by atoms with Gasteiger partial charge in [0, 0.05) is 6.07 Å². The molecular weight excluding hydrogens is 422 g/mol. The number of hydrogen-bond donors (Lipinski definition) is 3. The summed E-state index contributed by atoms with van der Waals surface area (Å²) < 4.78 is 60.2. The van der Waals surface area contributed by atoms with Gasteiger partial charge in [0.25, 0.3) is 16.0 Å². The molecular formula is C19H22F2N2O6S. The Hall–Kier alpha value is -2.89. The molecule has 30 heavy (non-hydrogen) atoms. The summed E-state index contributed by atoms with van der Waals surface area (Å²) in [5.41, 5.74) is 3.88. The number of hydrogen-bond acceptors (Lipinski definition) is 6. The van der Waals surface area contributed by atoms with Crippen molar-refractivity contribution in [3.8, 4) is 0 Å². The number of carbonyl (C=O) groups is 2. The lowest BCUT2D eigenvalue weighted by molar-refractivity contribution is -0.143. The molecule has 0 atom stereocenters. The zero-order chi connectivity index (χ0) is 22.9. The molecule has 1 amide bonds. The van der Waals surface area contributed by atoms with E-state index in [-0.39, 0.29) is 23.6 Å². The Labute approximate surface area is 172 Å². The standard InChI is InChI=1S/C13H16F2N2O3.C6H6O3S/c1-13(2,7-20-11(18)6-16)17-12(19)9-4-3-8(14)5-10(9)15;7-10(8,9)6-4-2-1-3-5-6/h3-5H,6-7,16H2,1-2H3,(H,17,19);1-5H,(H,7,8,9). The molecule has 0 unspecified atom stereocenters. The second kappa shape index (κ2) is 10.8. The molecule has 4 N–H and O–H groups in total. The summed E-state index contributed by atoms with van der Waals surface area (Å²) in [6.07, 6.45) is 0. The van der Waals surface area contributed by atoms with Crippen molar-refractivity contribution in [1.29, 1.82) is 0 Å². The van der Waals surface area contributed by atoms with Crippen LogP contribution in [0.25, 0.3) is 0 Å². The van der Waals surface area contributed by atoms with E-state index in [0.717, 1.165) is 12.1 Å². The van der Waals surface area contributed by atoms with Gasteiger partial charge in [0.15, 0.2) is 0 Å². The van der Waals surface area contributed by atoms with Crippen molar-refractivity contribution in [3.63, 3.8) is 0 Å². The SMILES string of the molecule is CC(C)(COC(=O)CN)NC(=O)c1ccc(F)cc1F.O=S(=O)(O)c1ccccc1. The van der Waals surface area contributed by atoms with Gasteiger partial charge < -0.3 is 15.8 Å². The van der Waals surface area contributed by atoms with Crippen LogP contribution in [-0.4, -0.2) is 43.5 Å². The number of rotatable bonds is 6. The van der Waals surface area contributed by atoms with Crippen LogP contribution in [0.4, 0.5) is 8.78 Å². The zero-order valence-electron chi connectivity index (χ0n) is 16.3. The third kappa shape index (κ3) is 8.64. The van der Waals surface area contributed by atoms with Gasteiger partial charge in [0.1, 0.15) is 18.2 Å². The molecule has 11 heteroatoms. The average Bonchev–Trinajstić information content (AvgIpc) is 2.66. The molecule has 0 aromatic heterocycles. The summed E-state index contributed by atoms with van der Waals surface area (Å²) in [5.74, 6) is -3.07. The molecule has 2 aromatic rings. The van der Waals surface area contributed by atoms with E-state index in [1.807, 2.05) is 0 Å². The lowest BCUT2D eigenvalue weighted by atomic mass is 10.1. The molecule has 0 fully saturated rings. The van der Waals surface area contributed by atoms with Crippen LogP contribution in [0.2, 0.25) is 0 Å². The largest absolute Gasteiger partial charge is 0.462 e. The van der Waals surface area contributed by atoms with Crippen LogP contribution < -0.4 is 11.1 Å². The highest BCUT2D eigenvalue weighted by Crippen LogP contribution is 2.12. The van der Waals surface area contributed by atoms with E-state index in [2.05, 4.69) is 5.32 Å². The predicted octanol–water partition coefficient (Wildman–Crippen LogP) is 1.91. The van der Waals surface area contributed by atoms with E-state index in [4.69, 9.17) is 15.0 Å². The van der Waals surface area contributed by atoms with E-state index in [1.54, 1.807) is 32.0 Å². The van der Waals surface area contributed by atoms with Crippen LogP contribution in [0.3, 0.4) is 0 Å². The highest BCUT2D eigenvalue weighted by atomic mass is 32.2. The number of nitrogens with one attached hydrogen (secondary N) is 1. The Morgan fingerprint density at radius 2 is 1.73 bits per heavy atom. The van der Waals surface area contributed by atoms with Crippen molar-refractivity contribution >= 4 is 22.0 Å². The second-order valence-corrected chi connectivity index (χ2v) is 8.04. The Kier molecular flexibility index (Phi) is 9.02. The van der Waals surface area contributed by atoms with Crippen molar-refractivity contribution in [2.45, 2.75) is 24.3 Å². The van der Waals surface area contributed by atoms with Gasteiger partial charge in [-0.15, -0.1) is 0 Å². The molecule has 0 saturated carbocycles. The minimum absolute atomic E-state index is 0.0741. The number of carbonyl (C=O) groups excluding carboxylic acids is 2. The van der Waals surface area contributed by atoms with Gasteiger partial charge in [-0.3, -0.25) is 14.1 Å². The molecule has 164 valence electrons. The molecule has 0 saturated heterocycles. The van der Waals surface area contributed by atoms with E-state index >= 15 is 0 Å². The van der Waals surface area contributed by atoms with Gasteiger partial charge in [-0.05, 0) is 38.1 Å². The number of benzene rings is 2. The minimum Gasteiger partial charge on any atom is -0.462 e. The first-order valence-corrected chi connectivity index (χ1v) is 9.95. The van der Waals surface area contributed by atoms with Crippen LogP contribution in [-0.2, 0) is 19.6 Å². The maximum Gasteiger partial charge on any atom is 0.319 e. The highest BCUT2D eigenvalue weighted by molar-refractivity contribution is 7.85. The quantitative estimate of drug-likeness (QED) is 0.457. The zero-order valence-corrected chi connectivity index (χ0v) is 17.1. The first-order chi connectivity index (χ1) is 13.9. The van der Waals surface area contributed by atoms with Crippen molar-refractivity contribution in [3.05, 3.63) is 65.7 Å². The summed E-state index contributed by atoms with van der Waals surface area (Å²) in [6.45, 7) is 2.81. The minimum atomic E-state index is -4.00. The van der Waals surface area contributed by atoms with E-state index in [0.29, 0.717) is 6.07 Å². The molecule has 0 bridgehead atoms. The fourth-order valence-electron chi connectivity index (χ4n) is 2.00. The Morgan fingerprint density at radius 3 is 2.20 bits per heavy atom. The van der Waals surface area contributed by atoms with Crippen molar-refractivity contribution in [2.24, 2.45) is 5.73 Å². The van der Waals surface area contributed by atoms with Crippen LogP contribution in [0, 0.1) is 11.6 Å². The van der Waals surface area contributed by atoms with Gasteiger partial charge in [0.05, 0.1) is 22.5 Å². The number of amides is 1. The van der Waals surface area contributed by atoms with Gasteiger partial charge in [-0.2, -0.15) is 8.42 Å². The van der Waals surface area contributed by atoms with Crippen molar-refractivity contribution in [2.75, 3.05) is 13.2 Å². The molecule has 2 aromatic carbocycles. The van der Waals surface area contributed by atoms with Crippen molar-refractivity contribution < 1.29 is 36.1 Å². The van der Waals surface area contributed by atoms with E-state index < -0.39 is 39.2 Å². The number of ether oxygens (including phenoxy) is 1. The summed E-state index contributed by atoms with van der Waals surface area (Å²) in [5, 5.41) is 2.49. The van der Waals surface area contributed by atoms with Crippen LogP contribution in [0.5, 0.6) is 0 Å². The molecule has 0 aliphatic carbocycles. The first kappa shape index (κ1) is 25.1. The van der Waals surface area contributed by atoms with Gasteiger partial charge in [0.2, 0.25) is 0 Å². The number of esters is 1. The smallest absolute Gasteiger partial charge is 0.319 e. The topological polar surface area (TPSA) is 136 Å². The van der Waals surface area contributed by atoms with E-state index in [1.165, 1.54) is 12.1 Å². The summed E-state index contributed by atoms with van der Waals surface area (Å²) in [4.78, 5) is 22.7. The fraction of sp³-hybridized carbons (Fsp3) is 0.263. The maximum absolute atomic E-state index is 13.4. The summed E-state index contributed by atoms with van der Waals surface area (Å²) in [7, 11) is -4.00. The summed E-state index contributed by atoms with van der Waals surface area (Å²) in [6, 6.07) is 10.1. The van der Waals surface area contributed by atoms with Gasteiger partial charge >= 0.3 is 5.97 Å². The third-order valence-corrected chi connectivity index (χ3v) is 4.30. The normalized spacial score (nSPS) is 11.1. The lowest BCUT2D eigenvalue weighted by Gasteiger charge is -2.25. The molecule has 8 nitrogen and oxygen atoms in total. The molecule has 0 aliphatic heterocycles. The predicted molar refractivity (Wildman–Crippen MR) is 104 cm³/mol. The van der Waals surface area contributed by atoms with Crippen LogP contribution >= 0.6 is 0 Å². The molecule has 2 rings (SSSR count). The third-order valence-electron chi connectivity index (χ3n) is 3.43. The van der Waals surface area contributed by atoms with Crippen LogP contribution in [0.15, 0.2) is 53.4 Å². The summed E-state index contributed by atoms with van der Waals surface area (Å²) >= 11 is 0.